The number of hydrogen-bond donors (Lipinski definition) is 0. The number of nitrogens with zero attached hydrogens (tertiary/aromatic N) is 1. The van der Waals surface area contributed by atoms with Crippen LogP contribution in [0.5, 0.6) is 0 Å². The molecule has 1 aliphatic rings. The number of hydrogen-bond acceptors (Lipinski definition) is 4. The Morgan fingerprint density at radius 2 is 2.05 bits per heavy atom. The van der Waals surface area contributed by atoms with Crippen LogP contribution in [0.4, 0.5) is 0 Å². The normalized spacial score (nSPS) is 17.4. The molecule has 1 heterocycles. The van der Waals surface area contributed by atoms with Crippen molar-refractivity contribution in [2.45, 2.75) is 51.1 Å². The highest BCUT2D eigenvalue weighted by atomic mass is 16.5. The molecule has 1 aromatic heterocycles. The lowest BCUT2D eigenvalue weighted by atomic mass is 10.1. The summed E-state index contributed by atoms with van der Waals surface area (Å²) >= 11 is 0. The molecule has 4 heteroatoms. The lowest BCUT2D eigenvalue weighted by Gasteiger charge is -2.26. The zero-order valence-electron chi connectivity index (χ0n) is 11.9. The molecular formula is C15H23NO3. The van der Waals surface area contributed by atoms with Crippen molar-refractivity contribution in [3.63, 3.8) is 0 Å². The average Bonchev–Trinajstić information content (AvgIpc) is 2.71. The van der Waals surface area contributed by atoms with E-state index in [1.165, 1.54) is 45.6 Å². The Labute approximate surface area is 114 Å². The van der Waals surface area contributed by atoms with Crippen LogP contribution in [0.2, 0.25) is 0 Å². The van der Waals surface area contributed by atoms with Crippen LogP contribution in [-0.4, -0.2) is 31.1 Å². The Kier molecular flexibility index (Phi) is 5.02. The van der Waals surface area contributed by atoms with Crippen molar-refractivity contribution >= 4 is 5.97 Å². The van der Waals surface area contributed by atoms with Crippen LogP contribution in [0.3, 0.4) is 0 Å². The molecule has 2 rings (SSSR count). The van der Waals surface area contributed by atoms with E-state index in [1.54, 1.807) is 6.26 Å². The van der Waals surface area contributed by atoms with Crippen LogP contribution in [0.1, 0.15) is 54.6 Å². The highest BCUT2D eigenvalue weighted by Gasteiger charge is 2.21. The van der Waals surface area contributed by atoms with Gasteiger partial charge < -0.3 is 9.15 Å². The predicted molar refractivity (Wildman–Crippen MR) is 73.0 cm³/mol. The van der Waals surface area contributed by atoms with Crippen molar-refractivity contribution in [2.75, 3.05) is 14.2 Å². The molecule has 1 fully saturated rings. The van der Waals surface area contributed by atoms with E-state index in [-0.39, 0.29) is 0 Å². The second-order valence-electron chi connectivity index (χ2n) is 5.33. The number of ether oxygens (including phenoxy) is 1. The van der Waals surface area contributed by atoms with Gasteiger partial charge in [0, 0.05) is 18.2 Å². The van der Waals surface area contributed by atoms with Crippen molar-refractivity contribution in [1.82, 2.24) is 4.90 Å². The van der Waals surface area contributed by atoms with Gasteiger partial charge in [0.25, 0.3) is 0 Å². The molecule has 19 heavy (non-hydrogen) atoms. The number of carbonyl (C=O) groups excluding carboxylic acids is 1. The predicted octanol–water partition coefficient (Wildman–Crippen LogP) is 3.22. The SMILES string of the molecule is COC(=O)c1occc1CN(C)C1CCCCCC1. The van der Waals surface area contributed by atoms with Gasteiger partial charge in [0.2, 0.25) is 5.76 Å². The number of methoxy groups -OCH3 is 1. The first-order valence-corrected chi connectivity index (χ1v) is 7.07. The van der Waals surface area contributed by atoms with E-state index in [9.17, 15) is 4.79 Å². The van der Waals surface area contributed by atoms with Crippen LogP contribution in [-0.2, 0) is 11.3 Å². The van der Waals surface area contributed by atoms with Gasteiger partial charge in [-0.05, 0) is 26.0 Å². The Bertz CT molecular complexity index is 405. The number of esters is 1. The van der Waals surface area contributed by atoms with Gasteiger partial charge in [0.05, 0.1) is 13.4 Å². The fourth-order valence-corrected chi connectivity index (χ4v) is 2.83. The van der Waals surface area contributed by atoms with Crippen LogP contribution in [0.25, 0.3) is 0 Å². The molecular weight excluding hydrogens is 242 g/mol. The average molecular weight is 265 g/mol. The van der Waals surface area contributed by atoms with Gasteiger partial charge in [-0.3, -0.25) is 4.90 Å². The highest BCUT2D eigenvalue weighted by Crippen LogP contribution is 2.23. The first-order chi connectivity index (χ1) is 9.22. The molecule has 0 aromatic carbocycles. The van der Waals surface area contributed by atoms with Crippen LogP contribution in [0, 0.1) is 0 Å². The standard InChI is InChI=1S/C15H23NO3/c1-16(13-7-5-3-4-6-8-13)11-12-9-10-19-14(12)15(17)18-2/h9-10,13H,3-8,11H2,1-2H3. The highest BCUT2D eigenvalue weighted by molar-refractivity contribution is 5.87. The minimum Gasteiger partial charge on any atom is -0.463 e. The first kappa shape index (κ1) is 14.1. The Hall–Kier alpha value is -1.29. The summed E-state index contributed by atoms with van der Waals surface area (Å²) in [6, 6.07) is 2.47. The lowest BCUT2D eigenvalue weighted by Crippen LogP contribution is -2.31. The lowest BCUT2D eigenvalue weighted by molar-refractivity contribution is 0.0561. The zero-order valence-corrected chi connectivity index (χ0v) is 11.9. The van der Waals surface area contributed by atoms with Crippen LogP contribution in [0.15, 0.2) is 16.7 Å². The second kappa shape index (κ2) is 6.75. The molecule has 4 nitrogen and oxygen atoms in total. The third-order valence-electron chi connectivity index (χ3n) is 3.99. The molecule has 0 bridgehead atoms. The number of rotatable bonds is 4. The molecule has 0 saturated heterocycles. The third kappa shape index (κ3) is 3.60. The van der Waals surface area contributed by atoms with Crippen molar-refractivity contribution in [3.05, 3.63) is 23.7 Å². The van der Waals surface area contributed by atoms with E-state index in [2.05, 4.69) is 11.9 Å². The van der Waals surface area contributed by atoms with Crippen molar-refractivity contribution in [2.24, 2.45) is 0 Å². The maximum atomic E-state index is 11.6. The van der Waals surface area contributed by atoms with Gasteiger partial charge in [-0.25, -0.2) is 4.79 Å². The van der Waals surface area contributed by atoms with E-state index >= 15 is 0 Å². The van der Waals surface area contributed by atoms with Gasteiger partial charge in [-0.15, -0.1) is 0 Å². The molecule has 0 amide bonds. The quantitative estimate of drug-likeness (QED) is 0.619. The minimum absolute atomic E-state index is 0.336. The number of furan rings is 1. The fourth-order valence-electron chi connectivity index (χ4n) is 2.83. The van der Waals surface area contributed by atoms with Crippen LogP contribution >= 0.6 is 0 Å². The zero-order chi connectivity index (χ0) is 13.7. The summed E-state index contributed by atoms with van der Waals surface area (Å²) in [7, 11) is 3.51. The van der Waals surface area contributed by atoms with Gasteiger partial charge in [-0.1, -0.05) is 25.7 Å². The molecule has 0 spiro atoms. The smallest absolute Gasteiger partial charge is 0.374 e. The Balaban J connectivity index is 1.99. The first-order valence-electron chi connectivity index (χ1n) is 7.07. The molecule has 0 radical (unpaired) electrons. The summed E-state index contributed by atoms with van der Waals surface area (Å²) in [4.78, 5) is 13.9. The van der Waals surface area contributed by atoms with Crippen molar-refractivity contribution in [1.29, 1.82) is 0 Å². The second-order valence-corrected chi connectivity index (χ2v) is 5.33. The van der Waals surface area contributed by atoms with Gasteiger partial charge in [-0.2, -0.15) is 0 Å². The Morgan fingerprint density at radius 3 is 2.68 bits per heavy atom. The fraction of sp³-hybridized carbons (Fsp3) is 0.667. The summed E-state index contributed by atoms with van der Waals surface area (Å²) in [5, 5.41) is 0. The van der Waals surface area contributed by atoms with E-state index in [0.717, 1.165) is 12.1 Å². The maximum absolute atomic E-state index is 11.6. The van der Waals surface area contributed by atoms with Crippen molar-refractivity contribution in [3.8, 4) is 0 Å². The molecule has 0 aliphatic heterocycles. The summed E-state index contributed by atoms with van der Waals surface area (Å²) in [5.74, 6) is -0.0581. The summed E-state index contributed by atoms with van der Waals surface area (Å²) in [5.41, 5.74) is 0.915. The maximum Gasteiger partial charge on any atom is 0.374 e. The van der Waals surface area contributed by atoms with Gasteiger partial charge in [0.1, 0.15) is 0 Å². The summed E-state index contributed by atoms with van der Waals surface area (Å²) < 4.78 is 9.96. The molecule has 106 valence electrons. The molecule has 1 aromatic rings. The molecule has 0 atom stereocenters. The molecule has 0 N–H and O–H groups in total. The third-order valence-corrected chi connectivity index (χ3v) is 3.99. The monoisotopic (exact) mass is 265 g/mol. The van der Waals surface area contributed by atoms with Gasteiger partial charge in [0.15, 0.2) is 0 Å². The van der Waals surface area contributed by atoms with E-state index in [0.29, 0.717) is 11.8 Å². The summed E-state index contributed by atoms with van der Waals surface area (Å²) in [6.07, 6.45) is 9.38. The summed E-state index contributed by atoms with van der Waals surface area (Å²) in [6.45, 7) is 0.742. The van der Waals surface area contributed by atoms with E-state index in [4.69, 9.17) is 9.15 Å². The van der Waals surface area contributed by atoms with Crippen LogP contribution < -0.4 is 0 Å². The van der Waals surface area contributed by atoms with E-state index in [1.807, 2.05) is 6.07 Å². The molecule has 1 aliphatic carbocycles. The largest absolute Gasteiger partial charge is 0.463 e. The Morgan fingerprint density at radius 1 is 1.37 bits per heavy atom. The van der Waals surface area contributed by atoms with Gasteiger partial charge >= 0.3 is 5.97 Å². The van der Waals surface area contributed by atoms with Crippen molar-refractivity contribution < 1.29 is 13.9 Å². The minimum atomic E-state index is -0.394. The molecule has 1 saturated carbocycles. The van der Waals surface area contributed by atoms with E-state index < -0.39 is 5.97 Å². The molecule has 0 unspecified atom stereocenters. The number of carbonyl (C=O) groups is 1. The topological polar surface area (TPSA) is 42.7 Å².